The lowest BCUT2D eigenvalue weighted by Gasteiger charge is -2.28. The van der Waals surface area contributed by atoms with Crippen LogP contribution in [-0.4, -0.2) is 34.8 Å². The van der Waals surface area contributed by atoms with Crippen molar-refractivity contribution in [2.24, 2.45) is 0 Å². The minimum Gasteiger partial charge on any atom is -0.351 e. The molecule has 74 valence electrons. The van der Waals surface area contributed by atoms with E-state index in [1.165, 1.54) is 0 Å². The average Bonchev–Trinajstić information content (AvgIpc) is 2.37. The molecular formula is C9H14FNO2. The summed E-state index contributed by atoms with van der Waals surface area (Å²) in [4.78, 5) is 13.0. The van der Waals surface area contributed by atoms with E-state index in [1.54, 1.807) is 18.7 Å². The molecule has 2 aliphatic heterocycles. The van der Waals surface area contributed by atoms with Gasteiger partial charge in [-0.25, -0.2) is 4.39 Å². The molecule has 0 aromatic carbocycles. The zero-order chi connectivity index (χ0) is 9.80. The quantitative estimate of drug-likeness (QED) is 0.568. The first-order valence-electron chi connectivity index (χ1n) is 4.58. The molecule has 0 spiro atoms. The van der Waals surface area contributed by atoms with Crippen LogP contribution in [0.4, 0.5) is 4.39 Å². The maximum absolute atomic E-state index is 13.1. The lowest BCUT2D eigenvalue weighted by Crippen LogP contribution is -2.44. The Labute approximate surface area is 76.8 Å². The molecule has 2 heterocycles. The third-order valence-corrected chi connectivity index (χ3v) is 2.88. The van der Waals surface area contributed by atoms with Crippen LogP contribution < -0.4 is 0 Å². The van der Waals surface area contributed by atoms with Crippen molar-refractivity contribution in [1.82, 2.24) is 4.90 Å². The fourth-order valence-electron chi connectivity index (χ4n) is 2.39. The molecule has 2 aliphatic rings. The van der Waals surface area contributed by atoms with Crippen molar-refractivity contribution in [3.8, 4) is 0 Å². The highest BCUT2D eigenvalue weighted by Crippen LogP contribution is 2.39. The van der Waals surface area contributed by atoms with Gasteiger partial charge in [-0.05, 0) is 20.8 Å². The summed E-state index contributed by atoms with van der Waals surface area (Å²) in [6.45, 7) is 5.50. The summed E-state index contributed by atoms with van der Waals surface area (Å²) in [6.07, 6.45) is -1.10. The number of amides is 1. The van der Waals surface area contributed by atoms with Crippen LogP contribution in [0.3, 0.4) is 0 Å². The van der Waals surface area contributed by atoms with Gasteiger partial charge in [0.2, 0.25) is 0 Å². The Hall–Kier alpha value is -0.640. The second-order valence-electron chi connectivity index (χ2n) is 4.25. The summed E-state index contributed by atoms with van der Waals surface area (Å²) in [6, 6.07) is -0.0718. The van der Waals surface area contributed by atoms with Crippen molar-refractivity contribution in [1.29, 1.82) is 0 Å². The number of hydrogen-bond donors (Lipinski definition) is 0. The van der Waals surface area contributed by atoms with Gasteiger partial charge in [0.1, 0.15) is 5.72 Å². The first-order chi connectivity index (χ1) is 5.93. The molecule has 0 aliphatic carbocycles. The van der Waals surface area contributed by atoms with E-state index in [9.17, 15) is 9.18 Å². The zero-order valence-electron chi connectivity index (χ0n) is 8.08. The number of carbonyl (C=O) groups is 1. The van der Waals surface area contributed by atoms with Gasteiger partial charge in [0.15, 0.2) is 6.17 Å². The van der Waals surface area contributed by atoms with Crippen molar-refractivity contribution in [3.05, 3.63) is 0 Å². The minimum atomic E-state index is -1.32. The number of hydrogen-bond acceptors (Lipinski definition) is 2. The van der Waals surface area contributed by atoms with Gasteiger partial charge in [-0.2, -0.15) is 0 Å². The molecule has 2 unspecified atom stereocenters. The lowest BCUT2D eigenvalue weighted by atomic mass is 10.1. The van der Waals surface area contributed by atoms with Crippen molar-refractivity contribution < 1.29 is 13.9 Å². The Morgan fingerprint density at radius 1 is 1.62 bits per heavy atom. The Bertz CT molecular complexity index is 254. The summed E-state index contributed by atoms with van der Waals surface area (Å²) in [5, 5.41) is 0. The average molecular weight is 187 g/mol. The van der Waals surface area contributed by atoms with Crippen LogP contribution in [0.2, 0.25) is 0 Å². The molecule has 1 amide bonds. The highest BCUT2D eigenvalue weighted by molar-refractivity contribution is 5.84. The molecule has 0 bridgehead atoms. The number of halogens is 1. The number of alkyl halides is 1. The summed E-state index contributed by atoms with van der Waals surface area (Å²) in [7, 11) is 0. The lowest BCUT2D eigenvalue weighted by molar-refractivity contribution is -0.147. The van der Waals surface area contributed by atoms with E-state index < -0.39 is 17.8 Å². The molecule has 3 atom stereocenters. The third-order valence-electron chi connectivity index (χ3n) is 2.88. The predicted octanol–water partition coefficient (Wildman–Crippen LogP) is 1.08. The molecule has 2 saturated heterocycles. The maximum atomic E-state index is 13.1. The standard InChI is InChI=1S/C9H14FNO2/c1-5-7-4-6(10)8(12)11(7)9(2,3)13-5/h5-7H,4H2,1-3H3/t5?,6-,7?/m0/s1. The van der Waals surface area contributed by atoms with Crippen LogP contribution in [0.15, 0.2) is 0 Å². The number of carbonyl (C=O) groups excluding carboxylic acids is 1. The zero-order valence-corrected chi connectivity index (χ0v) is 8.08. The summed E-state index contributed by atoms with van der Waals surface area (Å²) in [5.74, 6) is -0.417. The van der Waals surface area contributed by atoms with E-state index in [1.807, 2.05) is 6.92 Å². The molecular weight excluding hydrogens is 173 g/mol. The van der Waals surface area contributed by atoms with E-state index in [4.69, 9.17) is 4.74 Å². The van der Waals surface area contributed by atoms with Gasteiger partial charge < -0.3 is 9.64 Å². The second kappa shape index (κ2) is 2.44. The van der Waals surface area contributed by atoms with Crippen LogP contribution in [0.5, 0.6) is 0 Å². The van der Waals surface area contributed by atoms with Gasteiger partial charge >= 0.3 is 0 Å². The Morgan fingerprint density at radius 3 is 2.77 bits per heavy atom. The largest absolute Gasteiger partial charge is 0.351 e. The Balaban J connectivity index is 2.32. The Morgan fingerprint density at radius 2 is 2.23 bits per heavy atom. The van der Waals surface area contributed by atoms with Crippen molar-refractivity contribution in [2.45, 2.75) is 51.2 Å². The van der Waals surface area contributed by atoms with Crippen LogP contribution in [-0.2, 0) is 9.53 Å². The van der Waals surface area contributed by atoms with E-state index in [-0.39, 0.29) is 18.6 Å². The maximum Gasteiger partial charge on any atom is 0.259 e. The van der Waals surface area contributed by atoms with Crippen LogP contribution in [0.1, 0.15) is 27.2 Å². The number of nitrogens with zero attached hydrogens (tertiary/aromatic N) is 1. The highest BCUT2D eigenvalue weighted by Gasteiger charge is 2.55. The van der Waals surface area contributed by atoms with E-state index in [0.717, 1.165) is 0 Å². The molecule has 13 heavy (non-hydrogen) atoms. The number of ether oxygens (including phenoxy) is 1. The Kier molecular flexibility index (Phi) is 1.68. The van der Waals surface area contributed by atoms with Gasteiger partial charge in [-0.3, -0.25) is 4.79 Å². The molecule has 3 nitrogen and oxygen atoms in total. The van der Waals surface area contributed by atoms with Gasteiger partial charge in [-0.15, -0.1) is 0 Å². The van der Waals surface area contributed by atoms with Gasteiger partial charge in [-0.1, -0.05) is 0 Å². The first-order valence-corrected chi connectivity index (χ1v) is 4.58. The van der Waals surface area contributed by atoms with Crippen LogP contribution >= 0.6 is 0 Å². The highest BCUT2D eigenvalue weighted by atomic mass is 19.1. The van der Waals surface area contributed by atoms with Crippen molar-refractivity contribution in [2.75, 3.05) is 0 Å². The molecule has 0 aromatic rings. The summed E-state index contributed by atoms with van der Waals surface area (Å²) in [5.41, 5.74) is -0.637. The van der Waals surface area contributed by atoms with Crippen molar-refractivity contribution >= 4 is 5.91 Å². The van der Waals surface area contributed by atoms with Crippen LogP contribution in [0, 0.1) is 0 Å². The predicted molar refractivity (Wildman–Crippen MR) is 44.8 cm³/mol. The minimum absolute atomic E-state index is 0.0558. The fraction of sp³-hybridized carbons (Fsp3) is 0.889. The number of rotatable bonds is 0. The van der Waals surface area contributed by atoms with E-state index in [0.29, 0.717) is 0 Å². The molecule has 0 aromatic heterocycles. The second-order valence-corrected chi connectivity index (χ2v) is 4.25. The fourth-order valence-corrected chi connectivity index (χ4v) is 2.39. The third kappa shape index (κ3) is 1.08. The van der Waals surface area contributed by atoms with Gasteiger partial charge in [0.25, 0.3) is 5.91 Å². The summed E-state index contributed by atoms with van der Waals surface area (Å²) >= 11 is 0. The summed E-state index contributed by atoms with van der Waals surface area (Å²) < 4.78 is 18.7. The van der Waals surface area contributed by atoms with Crippen molar-refractivity contribution in [3.63, 3.8) is 0 Å². The number of fused-ring (bicyclic) bond motifs is 1. The molecule has 0 N–H and O–H groups in total. The SMILES string of the molecule is CC1OC(C)(C)N2C(=O)[C@@H](F)CC12. The smallest absolute Gasteiger partial charge is 0.259 e. The van der Waals surface area contributed by atoms with Gasteiger partial charge in [0, 0.05) is 6.42 Å². The molecule has 2 fully saturated rings. The van der Waals surface area contributed by atoms with Gasteiger partial charge in [0.05, 0.1) is 12.1 Å². The molecule has 0 saturated carbocycles. The monoisotopic (exact) mass is 187 g/mol. The molecule has 0 radical (unpaired) electrons. The van der Waals surface area contributed by atoms with E-state index in [2.05, 4.69) is 0 Å². The topological polar surface area (TPSA) is 29.5 Å². The normalized spacial score (nSPS) is 42.6. The molecule has 4 heteroatoms. The van der Waals surface area contributed by atoms with E-state index >= 15 is 0 Å². The molecule has 2 rings (SSSR count). The first kappa shape index (κ1) is 8.94. The van der Waals surface area contributed by atoms with Crippen LogP contribution in [0.25, 0.3) is 0 Å².